The molecule has 0 aliphatic carbocycles. The van der Waals surface area contributed by atoms with Gasteiger partial charge in [0.1, 0.15) is 0 Å². The van der Waals surface area contributed by atoms with Crippen LogP contribution < -0.4 is 5.32 Å². The van der Waals surface area contributed by atoms with E-state index in [0.29, 0.717) is 26.1 Å². The number of hydrogen-bond donors (Lipinski definition) is 1. The quantitative estimate of drug-likeness (QED) is 0.876. The van der Waals surface area contributed by atoms with E-state index in [0.717, 1.165) is 13.0 Å². The minimum absolute atomic E-state index is 0.0869. The molecule has 2 rings (SSSR count). The number of rotatable bonds is 6. The molecule has 1 aliphatic rings. The molecule has 1 saturated heterocycles. The van der Waals surface area contributed by atoms with Crippen molar-refractivity contribution in [3.8, 4) is 0 Å². The largest absolute Gasteiger partial charge is 0.341 e. The SMILES string of the molecule is Cc1cccc([C@@H](C)CNC(=O)N(C)CCN2CCCC2=O)c1. The molecule has 1 aromatic rings. The second-order valence-corrected chi connectivity index (χ2v) is 6.41. The first-order valence-corrected chi connectivity index (χ1v) is 8.30. The Hall–Kier alpha value is -2.04. The fraction of sp³-hybridized carbons (Fsp3) is 0.556. The van der Waals surface area contributed by atoms with E-state index >= 15 is 0 Å². The third-order valence-electron chi connectivity index (χ3n) is 4.39. The van der Waals surface area contributed by atoms with Crippen molar-refractivity contribution in [2.75, 3.05) is 33.2 Å². The zero-order valence-electron chi connectivity index (χ0n) is 14.3. The van der Waals surface area contributed by atoms with Crippen LogP contribution in [-0.4, -0.2) is 55.0 Å². The highest BCUT2D eigenvalue weighted by atomic mass is 16.2. The van der Waals surface area contributed by atoms with Crippen LogP contribution in [0.1, 0.15) is 36.8 Å². The molecule has 23 heavy (non-hydrogen) atoms. The van der Waals surface area contributed by atoms with Crippen LogP contribution in [0.15, 0.2) is 24.3 Å². The van der Waals surface area contributed by atoms with Gasteiger partial charge < -0.3 is 15.1 Å². The molecule has 1 fully saturated rings. The van der Waals surface area contributed by atoms with Crippen molar-refractivity contribution in [1.82, 2.24) is 15.1 Å². The number of nitrogens with one attached hydrogen (secondary N) is 1. The highest BCUT2D eigenvalue weighted by molar-refractivity contribution is 5.78. The monoisotopic (exact) mass is 317 g/mol. The van der Waals surface area contributed by atoms with Crippen LogP contribution in [0.3, 0.4) is 0 Å². The van der Waals surface area contributed by atoms with Crippen LogP contribution in [0.2, 0.25) is 0 Å². The molecule has 0 aromatic heterocycles. The van der Waals surface area contributed by atoms with Crippen LogP contribution in [0, 0.1) is 6.92 Å². The van der Waals surface area contributed by atoms with E-state index in [2.05, 4.69) is 37.4 Å². The number of nitrogens with zero attached hydrogens (tertiary/aromatic N) is 2. The zero-order chi connectivity index (χ0) is 16.8. The minimum atomic E-state index is -0.0869. The number of aryl methyl sites for hydroxylation is 1. The second kappa shape index (κ2) is 7.99. The average Bonchev–Trinajstić information content (AvgIpc) is 2.95. The topological polar surface area (TPSA) is 52.7 Å². The number of hydrogen-bond acceptors (Lipinski definition) is 2. The lowest BCUT2D eigenvalue weighted by molar-refractivity contribution is -0.127. The Morgan fingerprint density at radius 2 is 2.22 bits per heavy atom. The number of urea groups is 1. The number of carbonyl (C=O) groups is 2. The molecule has 1 atom stereocenters. The predicted octanol–water partition coefficient (Wildman–Crippen LogP) is 2.36. The fourth-order valence-corrected chi connectivity index (χ4v) is 2.78. The van der Waals surface area contributed by atoms with Crippen molar-refractivity contribution in [2.45, 2.75) is 32.6 Å². The highest BCUT2D eigenvalue weighted by Gasteiger charge is 2.20. The Balaban J connectivity index is 1.74. The summed E-state index contributed by atoms with van der Waals surface area (Å²) in [6.45, 7) is 6.79. The van der Waals surface area contributed by atoms with E-state index in [4.69, 9.17) is 0 Å². The molecule has 3 amide bonds. The highest BCUT2D eigenvalue weighted by Crippen LogP contribution is 2.15. The van der Waals surface area contributed by atoms with Gasteiger partial charge in [0.15, 0.2) is 0 Å². The number of likely N-dealkylation sites (N-methyl/N-ethyl adjacent to an activating group) is 1. The second-order valence-electron chi connectivity index (χ2n) is 6.41. The molecule has 5 heteroatoms. The number of benzene rings is 1. The maximum absolute atomic E-state index is 12.1. The summed E-state index contributed by atoms with van der Waals surface area (Å²) in [5.41, 5.74) is 2.46. The summed E-state index contributed by atoms with van der Waals surface area (Å²) in [5, 5.41) is 2.97. The van der Waals surface area contributed by atoms with Crippen LogP contribution in [-0.2, 0) is 4.79 Å². The summed E-state index contributed by atoms with van der Waals surface area (Å²) in [6, 6.07) is 8.27. The Morgan fingerprint density at radius 3 is 2.87 bits per heavy atom. The van der Waals surface area contributed by atoms with Gasteiger partial charge in [0, 0.05) is 39.6 Å². The molecule has 1 aromatic carbocycles. The van der Waals surface area contributed by atoms with E-state index in [-0.39, 0.29) is 17.9 Å². The molecule has 1 N–H and O–H groups in total. The molecule has 0 saturated carbocycles. The van der Waals surface area contributed by atoms with E-state index in [1.165, 1.54) is 11.1 Å². The molecule has 1 aliphatic heterocycles. The normalized spacial score (nSPS) is 15.6. The first-order chi connectivity index (χ1) is 11.0. The van der Waals surface area contributed by atoms with Gasteiger partial charge in [0.05, 0.1) is 0 Å². The van der Waals surface area contributed by atoms with Crippen molar-refractivity contribution in [2.24, 2.45) is 0 Å². The Labute approximate surface area is 138 Å². The lowest BCUT2D eigenvalue weighted by atomic mass is 9.99. The van der Waals surface area contributed by atoms with Gasteiger partial charge in [-0.15, -0.1) is 0 Å². The van der Waals surface area contributed by atoms with Gasteiger partial charge in [-0.25, -0.2) is 4.79 Å². The minimum Gasteiger partial charge on any atom is -0.341 e. The van der Waals surface area contributed by atoms with Gasteiger partial charge in [-0.2, -0.15) is 0 Å². The van der Waals surface area contributed by atoms with E-state index in [1.54, 1.807) is 11.9 Å². The summed E-state index contributed by atoms with van der Waals surface area (Å²) in [5.74, 6) is 0.472. The van der Waals surface area contributed by atoms with E-state index in [9.17, 15) is 9.59 Å². The molecular weight excluding hydrogens is 290 g/mol. The number of likely N-dealkylation sites (tertiary alicyclic amines) is 1. The molecule has 0 unspecified atom stereocenters. The Bertz CT molecular complexity index is 559. The summed E-state index contributed by atoms with van der Waals surface area (Å²) in [7, 11) is 1.77. The maximum atomic E-state index is 12.1. The van der Waals surface area contributed by atoms with Crippen molar-refractivity contribution in [3.63, 3.8) is 0 Å². The lowest BCUT2D eigenvalue weighted by Gasteiger charge is -2.23. The van der Waals surface area contributed by atoms with E-state index < -0.39 is 0 Å². The first kappa shape index (κ1) is 17.3. The van der Waals surface area contributed by atoms with Crippen molar-refractivity contribution in [3.05, 3.63) is 35.4 Å². The van der Waals surface area contributed by atoms with Crippen LogP contribution in [0.5, 0.6) is 0 Å². The summed E-state index contributed by atoms with van der Waals surface area (Å²) in [6.07, 6.45) is 1.58. The third kappa shape index (κ3) is 4.98. The Kier molecular flexibility index (Phi) is 6.02. The average molecular weight is 317 g/mol. The standard InChI is InChI=1S/C18H27N3O2/c1-14-6-4-7-16(12-14)15(2)13-19-18(23)20(3)10-11-21-9-5-8-17(21)22/h4,6-7,12,15H,5,8-11,13H2,1-3H3,(H,19,23)/t15-/m0/s1. The summed E-state index contributed by atoms with van der Waals surface area (Å²) < 4.78 is 0. The molecule has 0 bridgehead atoms. The molecule has 5 nitrogen and oxygen atoms in total. The van der Waals surface area contributed by atoms with Gasteiger partial charge in [-0.3, -0.25) is 4.79 Å². The molecule has 0 radical (unpaired) electrons. The molecule has 1 heterocycles. The number of carbonyl (C=O) groups excluding carboxylic acids is 2. The maximum Gasteiger partial charge on any atom is 0.317 e. The molecular formula is C18H27N3O2. The van der Waals surface area contributed by atoms with Gasteiger partial charge >= 0.3 is 6.03 Å². The van der Waals surface area contributed by atoms with Gasteiger partial charge in [-0.1, -0.05) is 36.8 Å². The van der Waals surface area contributed by atoms with Crippen molar-refractivity contribution < 1.29 is 9.59 Å². The number of amides is 3. The Morgan fingerprint density at radius 1 is 1.43 bits per heavy atom. The molecule has 0 spiro atoms. The van der Waals surface area contributed by atoms with Gasteiger partial charge in [-0.05, 0) is 24.8 Å². The van der Waals surface area contributed by atoms with Crippen LogP contribution in [0.4, 0.5) is 4.79 Å². The summed E-state index contributed by atoms with van der Waals surface area (Å²) in [4.78, 5) is 27.2. The van der Waals surface area contributed by atoms with E-state index in [1.807, 2.05) is 11.0 Å². The fourth-order valence-electron chi connectivity index (χ4n) is 2.78. The zero-order valence-corrected chi connectivity index (χ0v) is 14.3. The van der Waals surface area contributed by atoms with Crippen LogP contribution in [0.25, 0.3) is 0 Å². The molecule has 126 valence electrons. The van der Waals surface area contributed by atoms with Crippen molar-refractivity contribution in [1.29, 1.82) is 0 Å². The third-order valence-corrected chi connectivity index (χ3v) is 4.39. The van der Waals surface area contributed by atoms with Gasteiger partial charge in [0.25, 0.3) is 0 Å². The van der Waals surface area contributed by atoms with Crippen molar-refractivity contribution >= 4 is 11.9 Å². The lowest BCUT2D eigenvalue weighted by Crippen LogP contribution is -2.42. The smallest absolute Gasteiger partial charge is 0.317 e. The van der Waals surface area contributed by atoms with Gasteiger partial charge in [0.2, 0.25) is 5.91 Å². The van der Waals surface area contributed by atoms with Crippen LogP contribution >= 0.6 is 0 Å². The predicted molar refractivity (Wildman–Crippen MR) is 91.4 cm³/mol. The summed E-state index contributed by atoms with van der Waals surface area (Å²) >= 11 is 0. The first-order valence-electron chi connectivity index (χ1n) is 8.30.